The number of carbonyl (C=O) groups is 1. The Balaban J connectivity index is 1.76. The molecule has 0 saturated heterocycles. The second kappa shape index (κ2) is 8.25. The largest absolute Gasteiger partial charge is 0.370 e. The summed E-state index contributed by atoms with van der Waals surface area (Å²) in [4.78, 5) is 11.1. The van der Waals surface area contributed by atoms with Gasteiger partial charge in [-0.1, -0.05) is 47.5 Å². The molecular formula is C19H18Cl2N4O. The van der Waals surface area contributed by atoms with Crippen molar-refractivity contribution in [2.45, 2.75) is 19.5 Å². The molecule has 1 aromatic heterocycles. The highest BCUT2D eigenvalue weighted by Gasteiger charge is 2.08. The van der Waals surface area contributed by atoms with Crippen molar-refractivity contribution in [3.8, 4) is 0 Å². The van der Waals surface area contributed by atoms with Crippen LogP contribution in [0, 0.1) is 0 Å². The maximum Gasteiger partial charge on any atom is 0.219 e. The molecule has 1 heterocycles. The third-order valence-electron chi connectivity index (χ3n) is 4.03. The molecule has 5 nitrogen and oxygen atoms in total. The van der Waals surface area contributed by atoms with Crippen molar-refractivity contribution in [2.75, 3.05) is 0 Å². The molecule has 0 saturated carbocycles. The molecule has 0 bridgehead atoms. The Labute approximate surface area is 161 Å². The standard InChI is InChI=1S/C19H18Cl2N4O/c20-16-5-3-6-17(21)15(16)11-24-23-10-13-12-25(9-8-19(22)26)18-7-2-1-4-14(13)18/h1-7,10,12,24H,8-9,11H2,(H2,22,26)/b23-10+. The molecule has 2 aromatic carbocycles. The third-order valence-corrected chi connectivity index (χ3v) is 4.74. The molecule has 0 fully saturated rings. The van der Waals surface area contributed by atoms with Crippen LogP contribution in [-0.4, -0.2) is 16.7 Å². The van der Waals surface area contributed by atoms with E-state index in [4.69, 9.17) is 28.9 Å². The predicted molar refractivity (Wildman–Crippen MR) is 107 cm³/mol. The summed E-state index contributed by atoms with van der Waals surface area (Å²) in [5.41, 5.74) is 11.0. The lowest BCUT2D eigenvalue weighted by atomic mass is 10.2. The van der Waals surface area contributed by atoms with Crippen LogP contribution in [0.15, 0.2) is 53.8 Å². The Kier molecular flexibility index (Phi) is 5.81. The second-order valence-electron chi connectivity index (χ2n) is 5.80. The zero-order chi connectivity index (χ0) is 18.5. The minimum atomic E-state index is -0.323. The Hall–Kier alpha value is -2.50. The Morgan fingerprint density at radius 2 is 1.88 bits per heavy atom. The number of nitrogens with one attached hydrogen (secondary N) is 1. The zero-order valence-corrected chi connectivity index (χ0v) is 15.5. The van der Waals surface area contributed by atoms with Gasteiger partial charge in [0, 0.05) is 51.2 Å². The maximum atomic E-state index is 11.1. The van der Waals surface area contributed by atoms with E-state index in [1.807, 2.05) is 35.0 Å². The van der Waals surface area contributed by atoms with E-state index in [9.17, 15) is 4.79 Å². The summed E-state index contributed by atoms with van der Waals surface area (Å²) in [6.45, 7) is 0.960. The summed E-state index contributed by atoms with van der Waals surface area (Å²) in [5, 5.41) is 6.54. The monoisotopic (exact) mass is 388 g/mol. The Morgan fingerprint density at radius 3 is 2.62 bits per heavy atom. The highest BCUT2D eigenvalue weighted by Crippen LogP contribution is 2.24. The number of rotatable bonds is 7. The van der Waals surface area contributed by atoms with Gasteiger partial charge in [-0.2, -0.15) is 5.10 Å². The van der Waals surface area contributed by atoms with Crippen LogP contribution in [0.3, 0.4) is 0 Å². The number of para-hydroxylation sites is 1. The third kappa shape index (κ3) is 4.18. The minimum Gasteiger partial charge on any atom is -0.370 e. The summed E-state index contributed by atoms with van der Waals surface area (Å²) in [6, 6.07) is 13.3. The number of halogens is 2. The van der Waals surface area contributed by atoms with Crippen molar-refractivity contribution in [3.63, 3.8) is 0 Å². The van der Waals surface area contributed by atoms with E-state index in [1.54, 1.807) is 24.4 Å². The molecule has 26 heavy (non-hydrogen) atoms. The first-order valence-electron chi connectivity index (χ1n) is 8.11. The van der Waals surface area contributed by atoms with Crippen LogP contribution < -0.4 is 11.2 Å². The molecule has 0 radical (unpaired) electrons. The number of amides is 1. The van der Waals surface area contributed by atoms with Crippen molar-refractivity contribution >= 4 is 46.2 Å². The fraction of sp³-hybridized carbons (Fsp3) is 0.158. The van der Waals surface area contributed by atoms with Crippen LogP contribution in [-0.2, 0) is 17.9 Å². The number of aromatic nitrogens is 1. The van der Waals surface area contributed by atoms with E-state index in [1.165, 1.54) is 0 Å². The SMILES string of the molecule is NC(=O)CCn1cc(/C=N/NCc2c(Cl)cccc2Cl)c2ccccc21. The molecule has 3 aromatic rings. The summed E-state index contributed by atoms with van der Waals surface area (Å²) in [7, 11) is 0. The minimum absolute atomic E-state index is 0.290. The average Bonchev–Trinajstić information content (AvgIpc) is 2.97. The van der Waals surface area contributed by atoms with Crippen LogP contribution >= 0.6 is 23.2 Å². The number of primary amides is 1. The molecule has 3 N–H and O–H groups in total. The first-order valence-corrected chi connectivity index (χ1v) is 8.87. The van der Waals surface area contributed by atoms with Crippen LogP contribution in [0.4, 0.5) is 0 Å². The quantitative estimate of drug-likeness (QED) is 0.475. The van der Waals surface area contributed by atoms with E-state index >= 15 is 0 Å². The fourth-order valence-electron chi connectivity index (χ4n) is 2.73. The highest BCUT2D eigenvalue weighted by atomic mass is 35.5. The maximum absolute atomic E-state index is 11.1. The molecule has 0 aliphatic heterocycles. The summed E-state index contributed by atoms with van der Waals surface area (Å²) in [6.07, 6.45) is 3.99. The van der Waals surface area contributed by atoms with E-state index in [0.29, 0.717) is 29.6 Å². The van der Waals surface area contributed by atoms with Crippen molar-refractivity contribution in [1.82, 2.24) is 9.99 Å². The van der Waals surface area contributed by atoms with Gasteiger partial charge in [-0.05, 0) is 18.2 Å². The van der Waals surface area contributed by atoms with Gasteiger partial charge in [0.2, 0.25) is 5.91 Å². The van der Waals surface area contributed by atoms with Gasteiger partial charge < -0.3 is 15.7 Å². The number of fused-ring (bicyclic) bond motifs is 1. The molecule has 3 rings (SSSR count). The molecule has 134 valence electrons. The van der Waals surface area contributed by atoms with Gasteiger partial charge in [0.05, 0.1) is 12.8 Å². The summed E-state index contributed by atoms with van der Waals surface area (Å²) < 4.78 is 2.01. The Bertz CT molecular complexity index is 945. The summed E-state index contributed by atoms with van der Waals surface area (Å²) >= 11 is 12.3. The van der Waals surface area contributed by atoms with Gasteiger partial charge in [0.1, 0.15) is 0 Å². The van der Waals surface area contributed by atoms with Crippen LogP contribution in [0.5, 0.6) is 0 Å². The van der Waals surface area contributed by atoms with Crippen LogP contribution in [0.2, 0.25) is 10.0 Å². The first-order chi connectivity index (χ1) is 12.6. The number of carbonyl (C=O) groups excluding carboxylic acids is 1. The van der Waals surface area contributed by atoms with E-state index in [2.05, 4.69) is 10.5 Å². The van der Waals surface area contributed by atoms with Crippen molar-refractivity contribution in [2.24, 2.45) is 10.8 Å². The van der Waals surface area contributed by atoms with Gasteiger partial charge in [-0.25, -0.2) is 0 Å². The van der Waals surface area contributed by atoms with Gasteiger partial charge in [-0.3, -0.25) is 4.79 Å². The molecule has 0 unspecified atom stereocenters. The van der Waals surface area contributed by atoms with Crippen LogP contribution in [0.1, 0.15) is 17.5 Å². The molecule has 0 aliphatic carbocycles. The molecule has 1 amide bonds. The van der Waals surface area contributed by atoms with Gasteiger partial charge in [-0.15, -0.1) is 0 Å². The Morgan fingerprint density at radius 1 is 1.15 bits per heavy atom. The smallest absolute Gasteiger partial charge is 0.219 e. The van der Waals surface area contributed by atoms with Crippen molar-refractivity contribution in [1.29, 1.82) is 0 Å². The summed E-state index contributed by atoms with van der Waals surface area (Å²) in [5.74, 6) is -0.323. The predicted octanol–water partition coefficient (Wildman–Crippen LogP) is 3.95. The zero-order valence-electron chi connectivity index (χ0n) is 14.0. The normalized spacial score (nSPS) is 11.3. The van der Waals surface area contributed by atoms with Crippen LogP contribution in [0.25, 0.3) is 10.9 Å². The number of hydrazone groups is 1. The number of nitrogens with zero attached hydrogens (tertiary/aromatic N) is 2. The van der Waals surface area contributed by atoms with E-state index in [0.717, 1.165) is 22.0 Å². The molecule has 0 atom stereocenters. The number of hydrogen-bond donors (Lipinski definition) is 2. The van der Waals surface area contributed by atoms with Crippen molar-refractivity contribution in [3.05, 3.63) is 69.8 Å². The van der Waals surface area contributed by atoms with Gasteiger partial charge in [0.25, 0.3) is 0 Å². The molecule has 0 spiro atoms. The molecule has 0 aliphatic rings. The molecular weight excluding hydrogens is 371 g/mol. The molecule has 7 heteroatoms. The van der Waals surface area contributed by atoms with Gasteiger partial charge >= 0.3 is 0 Å². The average molecular weight is 389 g/mol. The highest BCUT2D eigenvalue weighted by molar-refractivity contribution is 6.35. The first kappa shape index (κ1) is 18.3. The number of nitrogens with two attached hydrogens (primary N) is 1. The van der Waals surface area contributed by atoms with E-state index < -0.39 is 0 Å². The number of hydrogen-bond acceptors (Lipinski definition) is 3. The number of benzene rings is 2. The lowest BCUT2D eigenvalue weighted by Gasteiger charge is -2.05. The second-order valence-corrected chi connectivity index (χ2v) is 6.62. The van der Waals surface area contributed by atoms with Crippen molar-refractivity contribution < 1.29 is 4.79 Å². The lowest BCUT2D eigenvalue weighted by molar-refractivity contribution is -0.118. The fourth-order valence-corrected chi connectivity index (χ4v) is 3.27. The topological polar surface area (TPSA) is 72.4 Å². The number of aryl methyl sites for hydroxylation is 1. The lowest BCUT2D eigenvalue weighted by Crippen LogP contribution is -2.13. The van der Waals surface area contributed by atoms with Gasteiger partial charge in [0.15, 0.2) is 0 Å². The van der Waals surface area contributed by atoms with E-state index in [-0.39, 0.29) is 5.91 Å².